The van der Waals surface area contributed by atoms with Gasteiger partial charge in [-0.25, -0.2) is 17.4 Å². The lowest BCUT2D eigenvalue weighted by molar-refractivity contribution is 0.331. The second kappa shape index (κ2) is 6.30. The monoisotopic (exact) mass is 342 g/mol. The SMILES string of the molecule is CCOc1cc(C)c(Cl)cc1S(=O)(=O)n1cc(C)nc1CC. The van der Waals surface area contributed by atoms with E-state index in [0.29, 0.717) is 35.3 Å². The van der Waals surface area contributed by atoms with Crippen LogP contribution in [0.4, 0.5) is 0 Å². The lowest BCUT2D eigenvalue weighted by Gasteiger charge is -2.14. The molecule has 0 aliphatic rings. The summed E-state index contributed by atoms with van der Waals surface area (Å²) in [6.45, 7) is 7.60. The molecule has 7 heteroatoms. The van der Waals surface area contributed by atoms with E-state index >= 15 is 0 Å². The maximum atomic E-state index is 13.0. The zero-order chi connectivity index (χ0) is 16.5. The number of rotatable bonds is 5. The van der Waals surface area contributed by atoms with Gasteiger partial charge in [-0.15, -0.1) is 0 Å². The largest absolute Gasteiger partial charge is 0.492 e. The summed E-state index contributed by atoms with van der Waals surface area (Å²) in [5, 5.41) is 0.386. The molecule has 0 amide bonds. The van der Waals surface area contributed by atoms with Crippen molar-refractivity contribution in [2.45, 2.75) is 39.0 Å². The number of halogens is 1. The minimum absolute atomic E-state index is 0.0528. The van der Waals surface area contributed by atoms with E-state index in [4.69, 9.17) is 16.3 Å². The summed E-state index contributed by atoms with van der Waals surface area (Å²) in [4.78, 5) is 4.30. The van der Waals surface area contributed by atoms with Crippen molar-refractivity contribution in [2.75, 3.05) is 6.61 Å². The Hall–Kier alpha value is -1.53. The first kappa shape index (κ1) is 16.8. The van der Waals surface area contributed by atoms with Crippen LogP contribution in [-0.4, -0.2) is 24.0 Å². The van der Waals surface area contributed by atoms with Crippen molar-refractivity contribution in [3.63, 3.8) is 0 Å². The third-order valence-electron chi connectivity index (χ3n) is 3.24. The molecular weight excluding hydrogens is 324 g/mol. The topological polar surface area (TPSA) is 61.2 Å². The van der Waals surface area contributed by atoms with Crippen LogP contribution < -0.4 is 4.74 Å². The lowest BCUT2D eigenvalue weighted by atomic mass is 10.2. The van der Waals surface area contributed by atoms with Crippen molar-refractivity contribution in [3.05, 3.63) is 40.4 Å². The Morgan fingerprint density at radius 1 is 1.27 bits per heavy atom. The smallest absolute Gasteiger partial charge is 0.272 e. The van der Waals surface area contributed by atoms with Crippen molar-refractivity contribution in [1.82, 2.24) is 8.96 Å². The van der Waals surface area contributed by atoms with Crippen LogP contribution in [0.3, 0.4) is 0 Å². The Bertz CT molecular complexity index is 797. The summed E-state index contributed by atoms with van der Waals surface area (Å²) in [7, 11) is -3.81. The average Bonchev–Trinajstić information content (AvgIpc) is 2.84. The third kappa shape index (κ3) is 2.98. The predicted octanol–water partition coefficient (Wildman–Crippen LogP) is 3.35. The molecule has 0 atom stereocenters. The molecule has 0 fully saturated rings. The van der Waals surface area contributed by atoms with E-state index in [1.807, 2.05) is 6.92 Å². The van der Waals surface area contributed by atoms with Crippen LogP contribution >= 0.6 is 11.6 Å². The minimum atomic E-state index is -3.81. The number of benzene rings is 1. The first-order chi connectivity index (χ1) is 10.3. The quantitative estimate of drug-likeness (QED) is 0.836. The Balaban J connectivity index is 2.70. The number of hydrogen-bond acceptors (Lipinski definition) is 4. The second-order valence-corrected chi connectivity index (χ2v) is 7.12. The lowest BCUT2D eigenvalue weighted by Crippen LogP contribution is -2.16. The molecule has 0 saturated heterocycles. The standard InChI is InChI=1S/C15H19ClN2O3S/c1-5-15-17-11(4)9-18(15)22(19,20)14-8-12(16)10(3)7-13(14)21-6-2/h7-9H,5-6H2,1-4H3. The first-order valence-corrected chi connectivity index (χ1v) is 8.86. The van der Waals surface area contributed by atoms with E-state index in [0.717, 1.165) is 5.56 Å². The number of aromatic nitrogens is 2. The molecule has 1 aromatic heterocycles. The van der Waals surface area contributed by atoms with Gasteiger partial charge in [0.1, 0.15) is 16.5 Å². The van der Waals surface area contributed by atoms with Gasteiger partial charge in [-0.2, -0.15) is 0 Å². The van der Waals surface area contributed by atoms with Gasteiger partial charge >= 0.3 is 0 Å². The summed E-state index contributed by atoms with van der Waals surface area (Å²) < 4.78 is 32.6. The highest BCUT2D eigenvalue weighted by atomic mass is 35.5. The van der Waals surface area contributed by atoms with E-state index in [-0.39, 0.29) is 4.90 Å². The van der Waals surface area contributed by atoms with Gasteiger partial charge in [-0.05, 0) is 38.5 Å². The van der Waals surface area contributed by atoms with E-state index in [1.54, 1.807) is 26.8 Å². The van der Waals surface area contributed by atoms with Gasteiger partial charge in [0.05, 0.1) is 12.3 Å². The molecular formula is C15H19ClN2O3S. The van der Waals surface area contributed by atoms with Gasteiger partial charge in [-0.1, -0.05) is 18.5 Å². The summed E-state index contributed by atoms with van der Waals surface area (Å²) in [6, 6.07) is 3.08. The van der Waals surface area contributed by atoms with Gasteiger partial charge < -0.3 is 4.74 Å². The predicted molar refractivity (Wildman–Crippen MR) is 86.3 cm³/mol. The average molecular weight is 343 g/mol. The maximum absolute atomic E-state index is 13.0. The van der Waals surface area contributed by atoms with Gasteiger partial charge in [-0.3, -0.25) is 0 Å². The molecule has 2 aromatic rings. The summed E-state index contributed by atoms with van der Waals surface area (Å²) in [5.41, 5.74) is 1.41. The normalized spacial score (nSPS) is 11.7. The molecule has 0 saturated carbocycles. The zero-order valence-corrected chi connectivity index (χ0v) is 14.6. The van der Waals surface area contributed by atoms with Gasteiger partial charge in [0, 0.05) is 17.6 Å². The summed E-state index contributed by atoms with van der Waals surface area (Å²) in [6.07, 6.45) is 2.02. The van der Waals surface area contributed by atoms with Crippen molar-refractivity contribution >= 4 is 21.6 Å². The van der Waals surface area contributed by atoms with E-state index in [1.165, 1.54) is 16.2 Å². The van der Waals surface area contributed by atoms with Crippen LogP contribution in [0.1, 0.15) is 30.9 Å². The van der Waals surface area contributed by atoms with Crippen LogP contribution in [0.25, 0.3) is 0 Å². The second-order valence-electron chi connectivity index (χ2n) is 4.93. The molecule has 1 aromatic carbocycles. The Labute approximate surface area is 135 Å². The van der Waals surface area contributed by atoms with Crippen LogP contribution in [0, 0.1) is 13.8 Å². The fraction of sp³-hybridized carbons (Fsp3) is 0.400. The van der Waals surface area contributed by atoms with Crippen LogP contribution in [0.2, 0.25) is 5.02 Å². The van der Waals surface area contributed by atoms with Crippen LogP contribution in [0.5, 0.6) is 5.75 Å². The Kier molecular flexibility index (Phi) is 4.82. The Morgan fingerprint density at radius 3 is 2.55 bits per heavy atom. The fourth-order valence-electron chi connectivity index (χ4n) is 2.18. The van der Waals surface area contributed by atoms with Crippen molar-refractivity contribution in [2.24, 2.45) is 0 Å². The first-order valence-electron chi connectivity index (χ1n) is 7.04. The Morgan fingerprint density at radius 2 is 1.95 bits per heavy atom. The number of aryl methyl sites for hydroxylation is 3. The molecule has 0 aliphatic carbocycles. The molecule has 2 rings (SSSR count). The number of imidazole rings is 1. The molecule has 0 unspecified atom stereocenters. The molecule has 0 spiro atoms. The summed E-state index contributed by atoms with van der Waals surface area (Å²) in [5.74, 6) is 0.787. The zero-order valence-electron chi connectivity index (χ0n) is 13.1. The molecule has 22 heavy (non-hydrogen) atoms. The fourth-order valence-corrected chi connectivity index (χ4v) is 4.00. The van der Waals surface area contributed by atoms with Crippen LogP contribution in [0.15, 0.2) is 23.2 Å². The highest BCUT2D eigenvalue weighted by Gasteiger charge is 2.25. The molecule has 0 aliphatic heterocycles. The molecule has 0 N–H and O–H groups in total. The van der Waals surface area contributed by atoms with Gasteiger partial charge in [0.15, 0.2) is 0 Å². The molecule has 0 bridgehead atoms. The third-order valence-corrected chi connectivity index (χ3v) is 5.36. The number of hydrogen-bond donors (Lipinski definition) is 0. The van der Waals surface area contributed by atoms with E-state index in [9.17, 15) is 8.42 Å². The van der Waals surface area contributed by atoms with Crippen molar-refractivity contribution < 1.29 is 13.2 Å². The van der Waals surface area contributed by atoms with Crippen molar-refractivity contribution in [3.8, 4) is 5.75 Å². The van der Waals surface area contributed by atoms with Crippen LogP contribution in [-0.2, 0) is 16.4 Å². The van der Waals surface area contributed by atoms with Gasteiger partial charge in [0.25, 0.3) is 10.0 Å². The molecule has 0 radical (unpaired) electrons. The maximum Gasteiger partial charge on any atom is 0.272 e. The minimum Gasteiger partial charge on any atom is -0.492 e. The summed E-state index contributed by atoms with van der Waals surface area (Å²) >= 11 is 6.11. The van der Waals surface area contributed by atoms with Crippen molar-refractivity contribution in [1.29, 1.82) is 0 Å². The highest BCUT2D eigenvalue weighted by molar-refractivity contribution is 7.90. The van der Waals surface area contributed by atoms with Gasteiger partial charge in [0.2, 0.25) is 0 Å². The molecule has 120 valence electrons. The highest BCUT2D eigenvalue weighted by Crippen LogP contribution is 2.32. The molecule has 1 heterocycles. The number of ether oxygens (including phenoxy) is 1. The molecule has 5 nitrogen and oxygen atoms in total. The number of nitrogens with zero attached hydrogens (tertiary/aromatic N) is 2. The van der Waals surface area contributed by atoms with E-state index < -0.39 is 10.0 Å². The van der Waals surface area contributed by atoms with E-state index in [2.05, 4.69) is 4.98 Å².